The zero-order valence-electron chi connectivity index (χ0n) is 10.5. The third kappa shape index (κ3) is 2.63. The van der Waals surface area contributed by atoms with Crippen LogP contribution >= 0.6 is 11.6 Å². The van der Waals surface area contributed by atoms with Crippen LogP contribution in [0.25, 0.3) is 10.8 Å². The van der Waals surface area contributed by atoms with Crippen LogP contribution in [0, 0.1) is 0 Å². The van der Waals surface area contributed by atoms with Crippen molar-refractivity contribution in [1.82, 2.24) is 0 Å². The Morgan fingerprint density at radius 1 is 1.06 bits per heavy atom. The molecule has 2 aromatic carbocycles. The maximum Gasteiger partial charge on any atom is 0.0402 e. The van der Waals surface area contributed by atoms with Gasteiger partial charge in [0.2, 0.25) is 0 Å². The Labute approximate surface area is 109 Å². The van der Waals surface area contributed by atoms with E-state index in [1.165, 1.54) is 16.3 Å². The van der Waals surface area contributed by atoms with Crippen LogP contribution < -0.4 is 0 Å². The zero-order valence-corrected chi connectivity index (χ0v) is 11.2. The van der Waals surface area contributed by atoms with Gasteiger partial charge in [-0.15, -0.1) is 11.6 Å². The van der Waals surface area contributed by atoms with Gasteiger partial charge in [-0.3, -0.25) is 0 Å². The van der Waals surface area contributed by atoms with E-state index in [4.69, 9.17) is 11.6 Å². The molecule has 0 bridgehead atoms. The Morgan fingerprint density at radius 2 is 1.76 bits per heavy atom. The molecule has 90 valence electrons. The van der Waals surface area contributed by atoms with Crippen LogP contribution in [0.1, 0.15) is 38.2 Å². The Kier molecular flexibility index (Phi) is 4.06. The molecule has 0 fully saturated rings. The van der Waals surface area contributed by atoms with Gasteiger partial charge in [-0.25, -0.2) is 0 Å². The Hall–Kier alpha value is -1.01. The molecular weight excluding hydrogens is 228 g/mol. The normalized spacial score (nSPS) is 14.8. The summed E-state index contributed by atoms with van der Waals surface area (Å²) in [6.45, 7) is 4.42. The van der Waals surface area contributed by atoms with Crippen molar-refractivity contribution in [3.05, 3.63) is 48.0 Å². The average Bonchev–Trinajstić information content (AvgIpc) is 2.37. The van der Waals surface area contributed by atoms with E-state index in [9.17, 15) is 0 Å². The van der Waals surface area contributed by atoms with Crippen molar-refractivity contribution < 1.29 is 0 Å². The van der Waals surface area contributed by atoms with Gasteiger partial charge < -0.3 is 0 Å². The second-order valence-electron chi connectivity index (χ2n) is 4.66. The van der Waals surface area contributed by atoms with E-state index in [-0.39, 0.29) is 5.38 Å². The molecule has 0 aromatic heterocycles. The van der Waals surface area contributed by atoms with E-state index in [1.807, 2.05) is 0 Å². The van der Waals surface area contributed by atoms with Crippen LogP contribution in [0.3, 0.4) is 0 Å². The summed E-state index contributed by atoms with van der Waals surface area (Å²) >= 11 is 6.47. The van der Waals surface area contributed by atoms with Crippen molar-refractivity contribution in [2.75, 3.05) is 0 Å². The lowest BCUT2D eigenvalue weighted by Gasteiger charge is -2.19. The van der Waals surface area contributed by atoms with Gasteiger partial charge in [-0.05, 0) is 28.7 Å². The van der Waals surface area contributed by atoms with Crippen LogP contribution in [-0.4, -0.2) is 5.38 Å². The van der Waals surface area contributed by atoms with Crippen molar-refractivity contribution in [3.8, 4) is 0 Å². The number of hydrogen-bond acceptors (Lipinski definition) is 0. The highest BCUT2D eigenvalue weighted by Gasteiger charge is 2.17. The molecule has 1 heteroatoms. The molecule has 0 saturated heterocycles. The number of halogens is 1. The summed E-state index contributed by atoms with van der Waals surface area (Å²) in [4.78, 5) is 0. The molecule has 0 N–H and O–H groups in total. The first kappa shape index (κ1) is 12.4. The molecule has 2 unspecified atom stereocenters. The van der Waals surface area contributed by atoms with Crippen molar-refractivity contribution >= 4 is 22.4 Å². The second kappa shape index (κ2) is 5.55. The molecule has 0 aliphatic rings. The van der Waals surface area contributed by atoms with Crippen LogP contribution in [0.5, 0.6) is 0 Å². The number of alkyl halides is 1. The minimum absolute atomic E-state index is 0.228. The highest BCUT2D eigenvalue weighted by molar-refractivity contribution is 6.21. The van der Waals surface area contributed by atoms with Crippen molar-refractivity contribution in [2.45, 2.75) is 38.0 Å². The monoisotopic (exact) mass is 246 g/mol. The summed E-state index contributed by atoms with van der Waals surface area (Å²) in [6, 6.07) is 15.0. The molecule has 0 radical (unpaired) electrons. The molecule has 2 rings (SSSR count). The van der Waals surface area contributed by atoms with Crippen molar-refractivity contribution in [3.63, 3.8) is 0 Å². The first-order valence-corrected chi connectivity index (χ1v) is 6.79. The third-order valence-electron chi connectivity index (χ3n) is 3.42. The SMILES string of the molecule is CCCC(Cl)C(C)c1cccc2ccccc12. The molecule has 0 saturated carbocycles. The summed E-state index contributed by atoms with van der Waals surface area (Å²) in [5.41, 5.74) is 1.37. The van der Waals surface area contributed by atoms with E-state index in [0.29, 0.717) is 5.92 Å². The maximum atomic E-state index is 6.47. The van der Waals surface area contributed by atoms with Gasteiger partial charge >= 0.3 is 0 Å². The van der Waals surface area contributed by atoms with E-state index in [2.05, 4.69) is 56.3 Å². The molecule has 0 amide bonds. The summed E-state index contributed by atoms with van der Waals surface area (Å²) < 4.78 is 0. The minimum Gasteiger partial charge on any atom is -0.122 e. The van der Waals surface area contributed by atoms with Crippen LogP contribution in [0.15, 0.2) is 42.5 Å². The van der Waals surface area contributed by atoms with Gasteiger partial charge in [0.05, 0.1) is 0 Å². The second-order valence-corrected chi connectivity index (χ2v) is 5.22. The summed E-state index contributed by atoms with van der Waals surface area (Å²) in [5.74, 6) is 0.405. The molecule has 2 aromatic rings. The molecule has 17 heavy (non-hydrogen) atoms. The van der Waals surface area contributed by atoms with Gasteiger partial charge in [0, 0.05) is 5.38 Å². The summed E-state index contributed by atoms with van der Waals surface area (Å²) in [7, 11) is 0. The average molecular weight is 247 g/mol. The van der Waals surface area contributed by atoms with E-state index in [0.717, 1.165) is 12.8 Å². The smallest absolute Gasteiger partial charge is 0.0402 e. The largest absolute Gasteiger partial charge is 0.122 e. The molecule has 2 atom stereocenters. The molecule has 0 nitrogen and oxygen atoms in total. The zero-order chi connectivity index (χ0) is 12.3. The topological polar surface area (TPSA) is 0 Å². The fourth-order valence-electron chi connectivity index (χ4n) is 2.37. The number of rotatable bonds is 4. The molecular formula is C16H19Cl. The maximum absolute atomic E-state index is 6.47. The van der Waals surface area contributed by atoms with E-state index >= 15 is 0 Å². The van der Waals surface area contributed by atoms with E-state index in [1.54, 1.807) is 0 Å². The van der Waals surface area contributed by atoms with Gasteiger partial charge in [-0.1, -0.05) is 62.7 Å². The van der Waals surface area contributed by atoms with Crippen LogP contribution in [0.2, 0.25) is 0 Å². The Balaban J connectivity index is 2.41. The van der Waals surface area contributed by atoms with Crippen molar-refractivity contribution in [2.24, 2.45) is 0 Å². The van der Waals surface area contributed by atoms with Crippen molar-refractivity contribution in [1.29, 1.82) is 0 Å². The number of benzene rings is 2. The lowest BCUT2D eigenvalue weighted by molar-refractivity contribution is 0.637. The summed E-state index contributed by atoms with van der Waals surface area (Å²) in [6.07, 6.45) is 2.22. The highest BCUT2D eigenvalue weighted by atomic mass is 35.5. The predicted octanol–water partition coefficient (Wildman–Crippen LogP) is 5.35. The van der Waals surface area contributed by atoms with Crippen LogP contribution in [0.4, 0.5) is 0 Å². The van der Waals surface area contributed by atoms with E-state index < -0.39 is 0 Å². The van der Waals surface area contributed by atoms with Gasteiger partial charge in [0.15, 0.2) is 0 Å². The van der Waals surface area contributed by atoms with Crippen LogP contribution in [-0.2, 0) is 0 Å². The molecule has 0 aliphatic carbocycles. The van der Waals surface area contributed by atoms with Gasteiger partial charge in [0.25, 0.3) is 0 Å². The fourth-order valence-corrected chi connectivity index (χ4v) is 2.72. The molecule has 0 aliphatic heterocycles. The standard InChI is InChI=1S/C16H19Cl/c1-3-7-16(17)12(2)14-11-6-9-13-8-4-5-10-15(13)14/h4-6,8-12,16H,3,7H2,1-2H3. The lowest BCUT2D eigenvalue weighted by Crippen LogP contribution is -2.09. The highest BCUT2D eigenvalue weighted by Crippen LogP contribution is 2.31. The quantitative estimate of drug-likeness (QED) is 0.638. The first-order valence-electron chi connectivity index (χ1n) is 6.35. The van der Waals surface area contributed by atoms with Gasteiger partial charge in [-0.2, -0.15) is 0 Å². The Bertz CT molecular complexity index is 484. The predicted molar refractivity (Wildman–Crippen MR) is 76.9 cm³/mol. The molecule has 0 spiro atoms. The fraction of sp³-hybridized carbons (Fsp3) is 0.375. The minimum atomic E-state index is 0.228. The molecule has 0 heterocycles. The third-order valence-corrected chi connectivity index (χ3v) is 4.02. The summed E-state index contributed by atoms with van der Waals surface area (Å²) in [5, 5.41) is 2.87. The Morgan fingerprint density at radius 3 is 2.53 bits per heavy atom. The first-order chi connectivity index (χ1) is 8.24. The number of hydrogen-bond donors (Lipinski definition) is 0. The number of fused-ring (bicyclic) bond motifs is 1. The lowest BCUT2D eigenvalue weighted by atomic mass is 9.91. The van der Waals surface area contributed by atoms with Gasteiger partial charge in [0.1, 0.15) is 0 Å².